The van der Waals surface area contributed by atoms with Crippen molar-refractivity contribution in [2.75, 3.05) is 44.7 Å². The summed E-state index contributed by atoms with van der Waals surface area (Å²) < 4.78 is 11.0. The van der Waals surface area contributed by atoms with Gasteiger partial charge in [-0.3, -0.25) is 0 Å². The maximum Gasteiger partial charge on any atom is 0.231 e. The fraction of sp³-hybridized carbons (Fsp3) is 0.600. The third-order valence-corrected chi connectivity index (χ3v) is 4.16. The number of fused-ring (bicyclic) bond motifs is 1. The van der Waals surface area contributed by atoms with Gasteiger partial charge >= 0.3 is 0 Å². The first-order valence-electron chi connectivity index (χ1n) is 7.61. The Balaban J connectivity index is 1.58. The number of morpholine rings is 1. The fourth-order valence-corrected chi connectivity index (χ4v) is 2.77. The first-order valence-corrected chi connectivity index (χ1v) is 7.61. The molecule has 3 rings (SSSR count). The van der Waals surface area contributed by atoms with Gasteiger partial charge in [0.2, 0.25) is 5.71 Å². The Morgan fingerprint density at radius 1 is 1.24 bits per heavy atom. The molecule has 0 spiro atoms. The number of anilines is 1. The highest BCUT2D eigenvalue weighted by atomic mass is 16.5. The summed E-state index contributed by atoms with van der Waals surface area (Å²) in [6.45, 7) is 10.1. The number of furan rings is 1. The molecule has 1 saturated heterocycles. The molecule has 6 heteroatoms. The Kier molecular flexibility index (Phi) is 4.36. The number of hydrogen-bond acceptors (Lipinski definition) is 5. The lowest BCUT2D eigenvalue weighted by Crippen LogP contribution is -3.14. The third kappa shape index (κ3) is 3.16. The number of quaternary nitrogens is 1. The van der Waals surface area contributed by atoms with E-state index in [0.717, 1.165) is 61.8 Å². The standard InChI is InChI=1S/C15H22N4O2/c1-11-12(2)21-15-13(11)14(17-10-18-15)16-4-3-5-19-6-8-20-9-7-19/h10H,3-9H2,1-2H3,(H,16,17,18)/p+1. The molecule has 2 aromatic rings. The SMILES string of the molecule is Cc1oc2ncnc(NCCC[NH+]3CCOCC3)c2c1C. The molecule has 1 fully saturated rings. The van der Waals surface area contributed by atoms with Gasteiger partial charge in [0.15, 0.2) is 0 Å². The average molecular weight is 291 g/mol. The monoisotopic (exact) mass is 291 g/mol. The summed E-state index contributed by atoms with van der Waals surface area (Å²) in [6.07, 6.45) is 2.68. The molecular formula is C15H23N4O2+. The van der Waals surface area contributed by atoms with Gasteiger partial charge in [0.05, 0.1) is 25.1 Å². The van der Waals surface area contributed by atoms with Crippen molar-refractivity contribution in [1.29, 1.82) is 0 Å². The minimum Gasteiger partial charge on any atom is -0.443 e. The lowest BCUT2D eigenvalue weighted by atomic mass is 10.2. The Morgan fingerprint density at radius 2 is 2.05 bits per heavy atom. The van der Waals surface area contributed by atoms with Crippen LogP contribution in [0.15, 0.2) is 10.7 Å². The van der Waals surface area contributed by atoms with Crippen molar-refractivity contribution < 1.29 is 14.1 Å². The lowest BCUT2D eigenvalue weighted by Gasteiger charge is -2.23. The highest BCUT2D eigenvalue weighted by molar-refractivity contribution is 5.89. The van der Waals surface area contributed by atoms with E-state index in [-0.39, 0.29) is 0 Å². The molecule has 1 aliphatic rings. The molecule has 0 atom stereocenters. The number of rotatable bonds is 5. The van der Waals surface area contributed by atoms with E-state index >= 15 is 0 Å². The molecule has 0 amide bonds. The first kappa shape index (κ1) is 14.3. The molecule has 1 aliphatic heterocycles. The molecule has 6 nitrogen and oxygen atoms in total. The van der Waals surface area contributed by atoms with Gasteiger partial charge in [0, 0.05) is 18.5 Å². The Morgan fingerprint density at radius 3 is 2.86 bits per heavy atom. The van der Waals surface area contributed by atoms with Crippen LogP contribution >= 0.6 is 0 Å². The van der Waals surface area contributed by atoms with Crippen LogP contribution in [0.25, 0.3) is 11.1 Å². The van der Waals surface area contributed by atoms with Crippen LogP contribution in [0.2, 0.25) is 0 Å². The van der Waals surface area contributed by atoms with Crippen molar-refractivity contribution in [3.8, 4) is 0 Å². The predicted octanol–water partition coefficient (Wildman–Crippen LogP) is 0.557. The van der Waals surface area contributed by atoms with Gasteiger partial charge in [-0.25, -0.2) is 9.97 Å². The maximum absolute atomic E-state index is 5.63. The minimum atomic E-state index is 0.668. The van der Waals surface area contributed by atoms with Crippen LogP contribution in [0.3, 0.4) is 0 Å². The zero-order valence-corrected chi connectivity index (χ0v) is 12.7. The van der Waals surface area contributed by atoms with Crippen LogP contribution in [0.5, 0.6) is 0 Å². The summed E-state index contributed by atoms with van der Waals surface area (Å²) in [5, 5.41) is 4.43. The van der Waals surface area contributed by atoms with E-state index in [2.05, 4.69) is 15.3 Å². The van der Waals surface area contributed by atoms with Crippen LogP contribution in [0.4, 0.5) is 5.82 Å². The molecule has 0 aliphatic carbocycles. The summed E-state index contributed by atoms with van der Waals surface area (Å²) in [6, 6.07) is 0. The predicted molar refractivity (Wildman–Crippen MR) is 80.8 cm³/mol. The second kappa shape index (κ2) is 6.41. The molecular weight excluding hydrogens is 268 g/mol. The zero-order chi connectivity index (χ0) is 14.7. The summed E-state index contributed by atoms with van der Waals surface area (Å²) in [4.78, 5) is 10.2. The summed E-state index contributed by atoms with van der Waals surface area (Å²) in [7, 11) is 0. The second-order valence-corrected chi connectivity index (χ2v) is 5.58. The van der Waals surface area contributed by atoms with Crippen LogP contribution < -0.4 is 10.2 Å². The van der Waals surface area contributed by atoms with Crippen molar-refractivity contribution in [2.45, 2.75) is 20.3 Å². The van der Waals surface area contributed by atoms with Gasteiger partial charge < -0.3 is 19.4 Å². The summed E-state index contributed by atoms with van der Waals surface area (Å²) in [5.74, 6) is 1.79. The molecule has 2 aromatic heterocycles. The molecule has 114 valence electrons. The van der Waals surface area contributed by atoms with Crippen molar-refractivity contribution >= 4 is 16.9 Å². The molecule has 0 unspecified atom stereocenters. The molecule has 0 bridgehead atoms. The lowest BCUT2D eigenvalue weighted by molar-refractivity contribution is -0.908. The average Bonchev–Trinajstić information content (AvgIpc) is 2.80. The smallest absolute Gasteiger partial charge is 0.231 e. The van der Waals surface area contributed by atoms with E-state index in [0.29, 0.717) is 5.71 Å². The molecule has 0 radical (unpaired) electrons. The summed E-state index contributed by atoms with van der Waals surface area (Å²) in [5.41, 5.74) is 1.79. The molecule has 0 saturated carbocycles. The topological polar surface area (TPSA) is 64.6 Å². The maximum atomic E-state index is 5.63. The number of hydrogen-bond donors (Lipinski definition) is 2. The third-order valence-electron chi connectivity index (χ3n) is 4.16. The van der Waals surface area contributed by atoms with E-state index in [1.54, 1.807) is 11.2 Å². The van der Waals surface area contributed by atoms with Gasteiger partial charge in [0.1, 0.15) is 31.0 Å². The van der Waals surface area contributed by atoms with Gasteiger partial charge in [-0.05, 0) is 13.8 Å². The van der Waals surface area contributed by atoms with Crippen LogP contribution in [-0.2, 0) is 4.74 Å². The number of nitrogens with zero attached hydrogens (tertiary/aromatic N) is 2. The Bertz CT molecular complexity index is 605. The zero-order valence-electron chi connectivity index (χ0n) is 12.7. The van der Waals surface area contributed by atoms with Gasteiger partial charge in [-0.2, -0.15) is 0 Å². The fourth-order valence-electron chi connectivity index (χ4n) is 2.77. The minimum absolute atomic E-state index is 0.668. The Hall–Kier alpha value is -1.66. The van der Waals surface area contributed by atoms with Crippen molar-refractivity contribution in [3.63, 3.8) is 0 Å². The molecule has 21 heavy (non-hydrogen) atoms. The first-order chi connectivity index (χ1) is 10.3. The molecule has 2 N–H and O–H groups in total. The van der Waals surface area contributed by atoms with Gasteiger partial charge in [0.25, 0.3) is 0 Å². The highest BCUT2D eigenvalue weighted by Gasteiger charge is 2.15. The second-order valence-electron chi connectivity index (χ2n) is 5.58. The van der Waals surface area contributed by atoms with Crippen LogP contribution in [0, 0.1) is 13.8 Å². The number of aryl methyl sites for hydroxylation is 2. The van der Waals surface area contributed by atoms with Crippen LogP contribution in [0.1, 0.15) is 17.7 Å². The van der Waals surface area contributed by atoms with E-state index in [4.69, 9.17) is 9.15 Å². The molecule has 0 aromatic carbocycles. The van der Waals surface area contributed by atoms with Crippen molar-refractivity contribution in [2.24, 2.45) is 0 Å². The quantitative estimate of drug-likeness (QED) is 0.788. The van der Waals surface area contributed by atoms with Crippen molar-refractivity contribution in [1.82, 2.24) is 9.97 Å². The number of nitrogens with one attached hydrogen (secondary N) is 2. The molecule has 3 heterocycles. The van der Waals surface area contributed by atoms with Crippen molar-refractivity contribution in [3.05, 3.63) is 17.7 Å². The largest absolute Gasteiger partial charge is 0.443 e. The van der Waals surface area contributed by atoms with E-state index < -0.39 is 0 Å². The van der Waals surface area contributed by atoms with Gasteiger partial charge in [-0.1, -0.05) is 0 Å². The van der Waals surface area contributed by atoms with E-state index in [1.807, 2.05) is 13.8 Å². The highest BCUT2D eigenvalue weighted by Crippen LogP contribution is 2.27. The van der Waals surface area contributed by atoms with Gasteiger partial charge in [-0.15, -0.1) is 0 Å². The Labute approximate surface area is 124 Å². The normalized spacial score (nSPS) is 16.5. The summed E-state index contributed by atoms with van der Waals surface area (Å²) >= 11 is 0. The van der Waals surface area contributed by atoms with E-state index in [1.165, 1.54) is 6.54 Å². The number of aromatic nitrogens is 2. The van der Waals surface area contributed by atoms with E-state index in [9.17, 15) is 0 Å². The van der Waals surface area contributed by atoms with Crippen LogP contribution in [-0.4, -0.2) is 49.4 Å². The number of ether oxygens (including phenoxy) is 1.